The lowest BCUT2D eigenvalue weighted by Crippen LogP contribution is -2.30. The first-order chi connectivity index (χ1) is 17.9. The maximum atomic E-state index is 12.2. The van der Waals surface area contributed by atoms with Crippen LogP contribution in [0.1, 0.15) is 29.5 Å². The molecular weight excluding hydrogens is 474 g/mol. The van der Waals surface area contributed by atoms with Crippen LogP contribution in [-0.4, -0.2) is 37.5 Å². The fourth-order valence-corrected chi connectivity index (χ4v) is 3.24. The highest BCUT2D eigenvalue weighted by molar-refractivity contribution is 6.04. The van der Waals surface area contributed by atoms with Crippen molar-refractivity contribution in [2.45, 2.75) is 25.9 Å². The Kier molecular flexibility index (Phi) is 10.2. The molecule has 192 valence electrons. The molecule has 0 heterocycles. The van der Waals surface area contributed by atoms with Gasteiger partial charge >= 0.3 is 12.1 Å². The third kappa shape index (κ3) is 9.48. The number of benzene rings is 3. The van der Waals surface area contributed by atoms with E-state index >= 15 is 0 Å². The summed E-state index contributed by atoms with van der Waals surface area (Å²) in [5.41, 5.74) is 2.81. The lowest BCUT2D eigenvalue weighted by Gasteiger charge is -2.10. The zero-order valence-corrected chi connectivity index (χ0v) is 20.5. The van der Waals surface area contributed by atoms with E-state index in [1.54, 1.807) is 48.5 Å². The molecule has 3 aromatic rings. The zero-order valence-electron chi connectivity index (χ0n) is 20.5. The second-order valence-electron chi connectivity index (χ2n) is 8.04. The predicted octanol–water partition coefficient (Wildman–Crippen LogP) is 4.45. The number of carbonyl (C=O) groups is 3. The van der Waals surface area contributed by atoms with Gasteiger partial charge in [0.25, 0.3) is 0 Å². The van der Waals surface area contributed by atoms with E-state index in [9.17, 15) is 14.4 Å². The van der Waals surface area contributed by atoms with Crippen molar-refractivity contribution in [1.29, 1.82) is 5.41 Å². The topological polar surface area (TPSA) is 127 Å². The first kappa shape index (κ1) is 26.9. The van der Waals surface area contributed by atoms with E-state index in [0.717, 1.165) is 11.1 Å². The summed E-state index contributed by atoms with van der Waals surface area (Å²) in [5.74, 6) is 0.0448. The molecule has 0 radical (unpaired) electrons. The molecule has 37 heavy (non-hydrogen) atoms. The molecule has 3 aromatic carbocycles. The smallest absolute Gasteiger partial charge is 0.413 e. The van der Waals surface area contributed by atoms with Gasteiger partial charge in [-0.2, -0.15) is 0 Å². The highest BCUT2D eigenvalue weighted by atomic mass is 16.5. The van der Waals surface area contributed by atoms with Crippen molar-refractivity contribution >= 4 is 29.5 Å². The number of anilines is 1. The molecule has 0 aliphatic rings. The Labute approximate surface area is 215 Å². The van der Waals surface area contributed by atoms with Crippen molar-refractivity contribution in [3.05, 3.63) is 95.6 Å². The molecule has 0 aliphatic carbocycles. The molecule has 0 aromatic heterocycles. The summed E-state index contributed by atoms with van der Waals surface area (Å²) in [6.07, 6.45) is 0.270. The van der Waals surface area contributed by atoms with Crippen LogP contribution in [0.5, 0.6) is 5.75 Å². The molecule has 0 aliphatic heterocycles. The number of amides is 2. The fourth-order valence-electron chi connectivity index (χ4n) is 3.24. The molecule has 0 atom stereocenters. The first-order valence-corrected chi connectivity index (χ1v) is 11.7. The number of hydrogen-bond donors (Lipinski definition) is 3. The summed E-state index contributed by atoms with van der Waals surface area (Å²) in [4.78, 5) is 35.4. The highest BCUT2D eigenvalue weighted by Crippen LogP contribution is 2.14. The number of hydrogen-bond acceptors (Lipinski definition) is 7. The number of amidine groups is 1. The van der Waals surface area contributed by atoms with E-state index in [0.29, 0.717) is 30.0 Å². The van der Waals surface area contributed by atoms with Crippen LogP contribution in [0.2, 0.25) is 0 Å². The second kappa shape index (κ2) is 14.0. The van der Waals surface area contributed by atoms with Crippen LogP contribution in [0.4, 0.5) is 10.5 Å². The number of ether oxygens (including phenoxy) is 3. The lowest BCUT2D eigenvalue weighted by molar-refractivity contribution is -0.139. The van der Waals surface area contributed by atoms with Crippen LogP contribution < -0.4 is 15.4 Å². The summed E-state index contributed by atoms with van der Waals surface area (Å²) in [5, 5.41) is 13.3. The lowest BCUT2D eigenvalue weighted by atomic mass is 10.1. The normalized spacial score (nSPS) is 10.2. The summed E-state index contributed by atoms with van der Waals surface area (Å²) in [6.45, 7) is 0.459. The minimum Gasteiger partial charge on any atom is -0.494 e. The minimum absolute atomic E-state index is 0.0837. The van der Waals surface area contributed by atoms with Gasteiger partial charge in [-0.15, -0.1) is 0 Å². The Morgan fingerprint density at radius 3 is 2.24 bits per heavy atom. The van der Waals surface area contributed by atoms with Crippen LogP contribution in [0, 0.1) is 5.41 Å². The van der Waals surface area contributed by atoms with Crippen molar-refractivity contribution in [1.82, 2.24) is 5.32 Å². The van der Waals surface area contributed by atoms with E-state index in [2.05, 4.69) is 15.4 Å². The van der Waals surface area contributed by atoms with Crippen molar-refractivity contribution in [3.63, 3.8) is 0 Å². The molecule has 0 saturated heterocycles. The van der Waals surface area contributed by atoms with Gasteiger partial charge in [0.2, 0.25) is 5.91 Å². The van der Waals surface area contributed by atoms with Gasteiger partial charge in [0.05, 0.1) is 20.1 Å². The van der Waals surface area contributed by atoms with E-state index < -0.39 is 6.09 Å². The number of carbonyl (C=O) groups excluding carboxylic acids is 3. The fraction of sp³-hybridized carbons (Fsp3) is 0.214. The molecule has 0 fully saturated rings. The van der Waals surface area contributed by atoms with Crippen LogP contribution in [-0.2, 0) is 32.1 Å². The molecule has 9 nitrogen and oxygen atoms in total. The van der Waals surface area contributed by atoms with Gasteiger partial charge < -0.3 is 19.5 Å². The predicted molar refractivity (Wildman–Crippen MR) is 139 cm³/mol. The van der Waals surface area contributed by atoms with Gasteiger partial charge in [-0.25, -0.2) is 4.79 Å². The van der Waals surface area contributed by atoms with E-state index in [-0.39, 0.29) is 37.2 Å². The second-order valence-corrected chi connectivity index (χ2v) is 8.04. The summed E-state index contributed by atoms with van der Waals surface area (Å²) in [6, 6.07) is 23.0. The number of esters is 1. The molecular formula is C28H29N3O6. The number of alkyl carbamates (subject to hydrolysis) is 1. The van der Waals surface area contributed by atoms with Gasteiger partial charge in [0.1, 0.15) is 18.2 Å². The van der Waals surface area contributed by atoms with Crippen LogP contribution in [0.15, 0.2) is 78.9 Å². The molecule has 0 saturated carbocycles. The minimum atomic E-state index is -0.704. The van der Waals surface area contributed by atoms with Crippen molar-refractivity contribution < 1.29 is 28.6 Å². The molecule has 0 bridgehead atoms. The summed E-state index contributed by atoms with van der Waals surface area (Å²) in [7, 11) is 1.34. The third-order valence-electron chi connectivity index (χ3n) is 5.21. The summed E-state index contributed by atoms with van der Waals surface area (Å²) >= 11 is 0. The summed E-state index contributed by atoms with van der Waals surface area (Å²) < 4.78 is 15.4. The van der Waals surface area contributed by atoms with Crippen LogP contribution >= 0.6 is 0 Å². The zero-order chi connectivity index (χ0) is 26.5. The Morgan fingerprint density at radius 2 is 1.57 bits per heavy atom. The van der Waals surface area contributed by atoms with Gasteiger partial charge in [-0.1, -0.05) is 42.5 Å². The Morgan fingerprint density at radius 1 is 0.865 bits per heavy atom. The maximum Gasteiger partial charge on any atom is 0.413 e. The van der Waals surface area contributed by atoms with Gasteiger partial charge in [-0.05, 0) is 53.9 Å². The average molecular weight is 504 g/mol. The van der Waals surface area contributed by atoms with Crippen LogP contribution in [0.25, 0.3) is 0 Å². The largest absolute Gasteiger partial charge is 0.494 e. The third-order valence-corrected chi connectivity index (χ3v) is 5.21. The van der Waals surface area contributed by atoms with Gasteiger partial charge in [0, 0.05) is 17.7 Å². The van der Waals surface area contributed by atoms with Gasteiger partial charge in [-0.3, -0.25) is 20.3 Å². The molecule has 0 unspecified atom stereocenters. The molecule has 3 rings (SSSR count). The molecule has 2 amide bonds. The van der Waals surface area contributed by atoms with Crippen molar-refractivity contribution in [2.75, 3.05) is 19.0 Å². The quantitative estimate of drug-likeness (QED) is 0.154. The van der Waals surface area contributed by atoms with E-state index in [1.165, 1.54) is 7.11 Å². The maximum absolute atomic E-state index is 12.2. The standard InChI is InChI=1S/C28H29N3O6/c1-35-26(33)18-20-9-13-23(14-10-20)30-25(32)8-5-17-36-24-15-11-22(12-16-24)27(29)31-28(34)37-19-21-6-3-2-4-7-21/h2-4,6-7,9-16H,5,8,17-19H2,1H3,(H,30,32)(H2,29,31,34). The molecule has 9 heteroatoms. The Balaban J connectivity index is 1.33. The average Bonchev–Trinajstić information content (AvgIpc) is 2.92. The van der Waals surface area contributed by atoms with Crippen LogP contribution in [0.3, 0.4) is 0 Å². The highest BCUT2D eigenvalue weighted by Gasteiger charge is 2.09. The van der Waals surface area contributed by atoms with E-state index in [1.807, 2.05) is 30.3 Å². The Hall–Kier alpha value is -4.66. The number of methoxy groups -OCH3 is 1. The van der Waals surface area contributed by atoms with Gasteiger partial charge in [0.15, 0.2) is 0 Å². The Bertz CT molecular complexity index is 1190. The van der Waals surface area contributed by atoms with Crippen molar-refractivity contribution in [2.24, 2.45) is 0 Å². The number of nitrogens with one attached hydrogen (secondary N) is 3. The number of rotatable bonds is 11. The first-order valence-electron chi connectivity index (χ1n) is 11.7. The molecule has 0 spiro atoms. The SMILES string of the molecule is COC(=O)Cc1ccc(NC(=O)CCCOc2ccc(C(=N)NC(=O)OCc3ccccc3)cc2)cc1. The monoisotopic (exact) mass is 503 g/mol. The van der Waals surface area contributed by atoms with E-state index in [4.69, 9.17) is 14.9 Å². The van der Waals surface area contributed by atoms with Crippen molar-refractivity contribution in [3.8, 4) is 5.75 Å². The molecule has 3 N–H and O–H groups in total.